The molecule has 0 spiro atoms. The van der Waals surface area contributed by atoms with Gasteiger partial charge in [0.1, 0.15) is 0 Å². The zero-order valence-corrected chi connectivity index (χ0v) is 17.9. The number of benzene rings is 1. The van der Waals surface area contributed by atoms with Crippen molar-refractivity contribution in [2.75, 3.05) is 5.32 Å². The molecule has 122 valence electrons. The molecule has 0 saturated heterocycles. The van der Waals surface area contributed by atoms with Gasteiger partial charge in [0.05, 0.1) is 27.2 Å². The smallest absolute Gasteiger partial charge is 0.548 e. The summed E-state index contributed by atoms with van der Waals surface area (Å²) in [5.74, 6) is -0.889. The fraction of sp³-hybridized carbons (Fsp3) is 0.438. The third-order valence-corrected chi connectivity index (χ3v) is 5.11. The first-order chi connectivity index (χ1) is 10.9. The van der Waals surface area contributed by atoms with Gasteiger partial charge in [0, 0.05) is 11.6 Å². The molecule has 2 N–H and O–H groups in total. The molecule has 0 aliphatic heterocycles. The van der Waals surface area contributed by atoms with Crippen LogP contribution in [0.1, 0.15) is 37.6 Å². The van der Waals surface area contributed by atoms with E-state index in [1.807, 2.05) is 12.1 Å². The van der Waals surface area contributed by atoms with Gasteiger partial charge in [-0.3, -0.25) is 0 Å². The number of anilines is 1. The molecule has 1 aromatic heterocycles. The number of fused-ring (bicyclic) bond motifs is 1. The number of aliphatic carboxylic acids is 1. The Morgan fingerprint density at radius 1 is 1.33 bits per heavy atom. The van der Waals surface area contributed by atoms with Crippen LogP contribution in [0, 0.1) is 5.92 Å². The molecule has 1 aromatic carbocycles. The van der Waals surface area contributed by atoms with Gasteiger partial charge in [-0.25, -0.2) is 9.78 Å². The third-order valence-electron chi connectivity index (χ3n) is 3.79. The first kappa shape index (κ1) is 19.8. The van der Waals surface area contributed by atoms with E-state index in [1.165, 1.54) is 0 Å². The third kappa shape index (κ3) is 4.77. The zero-order valence-electron chi connectivity index (χ0n) is 14.0. The minimum atomic E-state index is -1.23. The van der Waals surface area contributed by atoms with Crippen LogP contribution < -0.4 is 67.1 Å². The molecule has 6 nitrogen and oxygen atoms in total. The summed E-state index contributed by atoms with van der Waals surface area (Å²) in [6.07, 6.45) is 1.62. The van der Waals surface area contributed by atoms with Gasteiger partial charge < -0.3 is 20.5 Å². The Morgan fingerprint density at radius 3 is 2.62 bits per heavy atom. The van der Waals surface area contributed by atoms with E-state index in [2.05, 4.69) is 29.5 Å². The van der Waals surface area contributed by atoms with E-state index in [4.69, 9.17) is 0 Å². The van der Waals surface area contributed by atoms with E-state index in [0.717, 1.165) is 28.1 Å². The molecule has 0 radical (unpaired) electrons. The molecule has 3 rings (SSSR count). The van der Waals surface area contributed by atoms with Crippen molar-refractivity contribution in [3.63, 3.8) is 0 Å². The fourth-order valence-corrected chi connectivity index (χ4v) is 3.38. The second-order valence-corrected chi connectivity index (χ2v) is 7.18. The summed E-state index contributed by atoms with van der Waals surface area (Å²) in [4.78, 5) is 27.6. The molecule has 1 fully saturated rings. The molecule has 8 heteroatoms. The molecular weight excluding hydrogens is 353 g/mol. The maximum absolute atomic E-state index is 12.0. The number of nitrogens with zero attached hydrogens (tertiary/aromatic N) is 1. The average molecular weight is 372 g/mol. The summed E-state index contributed by atoms with van der Waals surface area (Å²) in [6, 6.07) is 4.01. The standard InChI is InChI=1S/C16H19N3O3S.K/c1-8(2)14-18-11-6-5-10(7-12(11)23-14)17-16(22)19-13(15(20)21)9-3-4-9;/h5-9,13H,3-4H2,1-2H3,(H,20,21)(H2,17,19,22);/q;+1/p-1. The molecule has 0 bridgehead atoms. The van der Waals surface area contributed by atoms with Crippen LogP contribution in [-0.4, -0.2) is 23.0 Å². The minimum Gasteiger partial charge on any atom is -0.548 e. The largest absolute Gasteiger partial charge is 1.00 e. The van der Waals surface area contributed by atoms with E-state index in [1.54, 1.807) is 17.4 Å². The number of aromatic nitrogens is 1. The first-order valence-corrected chi connectivity index (χ1v) is 8.44. The van der Waals surface area contributed by atoms with E-state index in [9.17, 15) is 14.7 Å². The number of carboxylic acids is 1. The van der Waals surface area contributed by atoms with Crippen molar-refractivity contribution in [2.24, 2.45) is 5.92 Å². The van der Waals surface area contributed by atoms with Gasteiger partial charge in [-0.2, -0.15) is 0 Å². The quantitative estimate of drug-likeness (QED) is 0.664. The van der Waals surface area contributed by atoms with Crippen LogP contribution in [0.2, 0.25) is 0 Å². The Kier molecular flexibility index (Phi) is 6.80. The van der Waals surface area contributed by atoms with Crippen LogP contribution in [0.25, 0.3) is 10.2 Å². The molecule has 1 heterocycles. The SMILES string of the molecule is CC(C)c1nc2ccc(NC(=O)NC(C(=O)[O-])C3CC3)cc2s1.[K+]. The summed E-state index contributed by atoms with van der Waals surface area (Å²) in [7, 11) is 0. The van der Waals surface area contributed by atoms with Gasteiger partial charge in [-0.1, -0.05) is 13.8 Å². The number of urea groups is 1. The summed E-state index contributed by atoms with van der Waals surface area (Å²) in [5.41, 5.74) is 1.51. The Morgan fingerprint density at radius 2 is 2.04 bits per heavy atom. The van der Waals surface area contributed by atoms with Gasteiger partial charge in [-0.05, 0) is 37.0 Å². The number of hydrogen-bond donors (Lipinski definition) is 2. The van der Waals surface area contributed by atoms with Crippen LogP contribution >= 0.6 is 11.3 Å². The van der Waals surface area contributed by atoms with Gasteiger partial charge in [0.15, 0.2) is 0 Å². The fourth-order valence-electron chi connectivity index (χ4n) is 2.37. The summed E-state index contributed by atoms with van der Waals surface area (Å²) >= 11 is 1.59. The van der Waals surface area contributed by atoms with Crippen LogP contribution in [0.15, 0.2) is 18.2 Å². The molecule has 2 aromatic rings. The van der Waals surface area contributed by atoms with Crippen LogP contribution in [0.3, 0.4) is 0 Å². The Hall–Kier alpha value is -0.514. The monoisotopic (exact) mass is 371 g/mol. The number of carbonyl (C=O) groups is 2. The molecule has 1 saturated carbocycles. The van der Waals surface area contributed by atoms with Gasteiger partial charge in [-0.15, -0.1) is 11.3 Å². The first-order valence-electron chi connectivity index (χ1n) is 7.63. The molecule has 1 unspecified atom stereocenters. The molecule has 24 heavy (non-hydrogen) atoms. The number of hydrogen-bond acceptors (Lipinski definition) is 5. The summed E-state index contributed by atoms with van der Waals surface area (Å²) in [6.45, 7) is 4.17. The topological polar surface area (TPSA) is 94.2 Å². The van der Waals surface area contributed by atoms with E-state index < -0.39 is 18.0 Å². The predicted octanol–water partition coefficient (Wildman–Crippen LogP) is -0.926. The van der Waals surface area contributed by atoms with Crippen LogP contribution in [0.4, 0.5) is 10.5 Å². The predicted molar refractivity (Wildman–Crippen MR) is 87.4 cm³/mol. The number of carbonyl (C=O) groups excluding carboxylic acids is 2. The summed E-state index contributed by atoms with van der Waals surface area (Å²) < 4.78 is 0.991. The van der Waals surface area contributed by atoms with Gasteiger partial charge >= 0.3 is 57.4 Å². The van der Waals surface area contributed by atoms with Crippen molar-refractivity contribution in [1.82, 2.24) is 10.3 Å². The Labute approximate surface area is 186 Å². The average Bonchev–Trinajstić information content (AvgIpc) is 3.22. The minimum absolute atomic E-state index is 0. The number of nitrogens with one attached hydrogen (secondary N) is 2. The normalized spacial score (nSPS) is 15.0. The van der Waals surface area contributed by atoms with Crippen molar-refractivity contribution in [2.45, 2.75) is 38.6 Å². The summed E-state index contributed by atoms with van der Waals surface area (Å²) in [5, 5.41) is 17.3. The van der Waals surface area contributed by atoms with Crippen molar-refractivity contribution in [1.29, 1.82) is 0 Å². The van der Waals surface area contributed by atoms with E-state index in [0.29, 0.717) is 11.6 Å². The number of rotatable bonds is 5. The van der Waals surface area contributed by atoms with Gasteiger partial charge in [0.25, 0.3) is 0 Å². The number of amides is 2. The molecule has 1 atom stereocenters. The maximum Gasteiger partial charge on any atom is 1.00 e. The second kappa shape index (κ2) is 8.24. The molecule has 1 aliphatic rings. The van der Waals surface area contributed by atoms with Crippen molar-refractivity contribution < 1.29 is 66.1 Å². The maximum atomic E-state index is 12.0. The van der Waals surface area contributed by atoms with Crippen LogP contribution in [0.5, 0.6) is 0 Å². The van der Waals surface area contributed by atoms with Crippen molar-refractivity contribution >= 4 is 39.2 Å². The van der Waals surface area contributed by atoms with E-state index in [-0.39, 0.29) is 57.3 Å². The molecule has 1 aliphatic carbocycles. The van der Waals surface area contributed by atoms with Crippen LogP contribution in [-0.2, 0) is 4.79 Å². The number of carboxylic acid groups (broad SMARTS) is 1. The molecular formula is C16H18KN3O3S. The Bertz CT molecular complexity index is 758. The van der Waals surface area contributed by atoms with Crippen molar-refractivity contribution in [3.8, 4) is 0 Å². The second-order valence-electron chi connectivity index (χ2n) is 6.12. The van der Waals surface area contributed by atoms with E-state index >= 15 is 0 Å². The zero-order chi connectivity index (χ0) is 16.6. The van der Waals surface area contributed by atoms with Crippen molar-refractivity contribution in [3.05, 3.63) is 23.2 Å². The Balaban J connectivity index is 0.00000208. The van der Waals surface area contributed by atoms with Gasteiger partial charge in [0.2, 0.25) is 0 Å². The number of thiazole rings is 1. The molecule has 2 amide bonds.